The van der Waals surface area contributed by atoms with Crippen LogP contribution in [0, 0.1) is 17.1 Å². The third kappa shape index (κ3) is 3.09. The summed E-state index contributed by atoms with van der Waals surface area (Å²) in [7, 11) is 0. The number of halogens is 1. The summed E-state index contributed by atoms with van der Waals surface area (Å²) >= 11 is 0. The molecule has 0 aliphatic heterocycles. The van der Waals surface area contributed by atoms with Crippen molar-refractivity contribution >= 4 is 0 Å². The normalized spacial score (nSPS) is 9.95. The van der Waals surface area contributed by atoms with E-state index in [1.165, 1.54) is 12.1 Å². The van der Waals surface area contributed by atoms with E-state index in [9.17, 15) is 4.39 Å². The first-order valence-corrected chi connectivity index (χ1v) is 5.74. The molecule has 3 nitrogen and oxygen atoms in total. The Balaban J connectivity index is 2.13. The number of hydrogen-bond acceptors (Lipinski definition) is 3. The second-order valence-electron chi connectivity index (χ2n) is 3.97. The van der Waals surface area contributed by atoms with Crippen molar-refractivity contribution in [2.75, 3.05) is 0 Å². The molecule has 0 aliphatic rings. The van der Waals surface area contributed by atoms with Crippen molar-refractivity contribution in [1.82, 2.24) is 0 Å². The molecule has 96 valence electrons. The van der Waals surface area contributed by atoms with Gasteiger partial charge in [0, 0.05) is 11.1 Å². The number of para-hydroxylation sites is 1. The van der Waals surface area contributed by atoms with E-state index in [2.05, 4.69) is 0 Å². The van der Waals surface area contributed by atoms with Gasteiger partial charge in [-0.2, -0.15) is 5.26 Å². The number of hydrogen-bond donors (Lipinski definition) is 1. The third-order valence-corrected chi connectivity index (χ3v) is 2.71. The lowest BCUT2D eigenvalue weighted by molar-refractivity contribution is 0.257. The van der Waals surface area contributed by atoms with Crippen LogP contribution in [0.4, 0.5) is 4.39 Å². The van der Waals surface area contributed by atoms with Crippen LogP contribution < -0.4 is 4.74 Å². The molecular weight excluding hydrogens is 245 g/mol. The number of benzene rings is 2. The van der Waals surface area contributed by atoms with Crippen molar-refractivity contribution in [2.45, 2.75) is 13.2 Å². The van der Waals surface area contributed by atoms with Gasteiger partial charge in [-0.1, -0.05) is 24.3 Å². The smallest absolute Gasteiger partial charge is 0.131 e. The van der Waals surface area contributed by atoms with Gasteiger partial charge in [0.25, 0.3) is 0 Å². The Morgan fingerprint density at radius 2 is 1.95 bits per heavy atom. The van der Waals surface area contributed by atoms with E-state index in [1.807, 2.05) is 6.07 Å². The van der Waals surface area contributed by atoms with Crippen LogP contribution in [0.1, 0.15) is 16.7 Å². The number of nitrogens with zero attached hydrogens (tertiary/aromatic N) is 1. The summed E-state index contributed by atoms with van der Waals surface area (Å²) < 4.78 is 19.1. The zero-order valence-electron chi connectivity index (χ0n) is 10.1. The molecule has 0 bridgehead atoms. The van der Waals surface area contributed by atoms with Gasteiger partial charge in [-0.25, -0.2) is 4.39 Å². The molecule has 4 heteroatoms. The van der Waals surface area contributed by atoms with E-state index in [0.29, 0.717) is 16.9 Å². The van der Waals surface area contributed by atoms with Gasteiger partial charge >= 0.3 is 0 Å². The summed E-state index contributed by atoms with van der Waals surface area (Å²) in [6.45, 7) is -0.0828. The van der Waals surface area contributed by atoms with Gasteiger partial charge < -0.3 is 9.84 Å². The topological polar surface area (TPSA) is 53.2 Å². The maximum absolute atomic E-state index is 13.6. The minimum atomic E-state index is -0.472. The maximum Gasteiger partial charge on any atom is 0.131 e. The van der Waals surface area contributed by atoms with Crippen LogP contribution >= 0.6 is 0 Å². The van der Waals surface area contributed by atoms with Crippen LogP contribution in [-0.4, -0.2) is 5.11 Å². The Kier molecular flexibility index (Phi) is 4.11. The fourth-order valence-electron chi connectivity index (χ4n) is 1.66. The minimum absolute atomic E-state index is 0.0502. The molecule has 0 heterocycles. The molecule has 0 fully saturated rings. The maximum atomic E-state index is 13.6. The molecule has 0 radical (unpaired) electrons. The van der Waals surface area contributed by atoms with Gasteiger partial charge in [-0.3, -0.25) is 0 Å². The lowest BCUT2D eigenvalue weighted by Crippen LogP contribution is -2.01. The van der Waals surface area contributed by atoms with E-state index in [1.54, 1.807) is 30.3 Å². The summed E-state index contributed by atoms with van der Waals surface area (Å²) in [6, 6.07) is 13.1. The number of aliphatic hydroxyl groups is 1. The van der Waals surface area contributed by atoms with E-state index in [4.69, 9.17) is 15.1 Å². The largest absolute Gasteiger partial charge is 0.488 e. The summed E-state index contributed by atoms with van der Waals surface area (Å²) in [4.78, 5) is 0. The Morgan fingerprint density at radius 1 is 1.16 bits per heavy atom. The molecule has 0 atom stereocenters. The molecular formula is C15H12FNO2. The quantitative estimate of drug-likeness (QED) is 0.916. The lowest BCUT2D eigenvalue weighted by Gasteiger charge is -2.10. The molecule has 0 aliphatic carbocycles. The highest BCUT2D eigenvalue weighted by Crippen LogP contribution is 2.20. The fraction of sp³-hybridized carbons (Fsp3) is 0.133. The third-order valence-electron chi connectivity index (χ3n) is 2.71. The van der Waals surface area contributed by atoms with E-state index >= 15 is 0 Å². The Labute approximate surface area is 110 Å². The standard InChI is InChI=1S/C15H12FNO2/c16-14-7-11(8-17)5-6-13(14)10-19-15-4-2-1-3-12(15)9-18/h1-7,18H,9-10H2. The number of nitriles is 1. The minimum Gasteiger partial charge on any atom is -0.488 e. The summed E-state index contributed by atoms with van der Waals surface area (Å²) in [6.07, 6.45) is 0. The van der Waals surface area contributed by atoms with Crippen molar-refractivity contribution in [3.8, 4) is 11.8 Å². The highest BCUT2D eigenvalue weighted by molar-refractivity contribution is 5.35. The van der Waals surface area contributed by atoms with Crippen LogP contribution in [-0.2, 0) is 13.2 Å². The molecule has 2 aromatic carbocycles. The van der Waals surface area contributed by atoms with E-state index in [0.717, 1.165) is 0 Å². The highest BCUT2D eigenvalue weighted by Gasteiger charge is 2.06. The molecule has 2 aromatic rings. The van der Waals surface area contributed by atoms with E-state index in [-0.39, 0.29) is 18.8 Å². The van der Waals surface area contributed by atoms with Crippen LogP contribution in [0.2, 0.25) is 0 Å². The molecule has 0 saturated carbocycles. The van der Waals surface area contributed by atoms with Gasteiger partial charge in [0.05, 0.1) is 18.2 Å². The monoisotopic (exact) mass is 257 g/mol. The molecule has 1 N–H and O–H groups in total. The average Bonchev–Trinajstić information content (AvgIpc) is 2.46. The SMILES string of the molecule is N#Cc1ccc(COc2ccccc2CO)c(F)c1. The Morgan fingerprint density at radius 3 is 2.63 bits per heavy atom. The first kappa shape index (κ1) is 13.1. The van der Waals surface area contributed by atoms with Crippen molar-refractivity contribution in [1.29, 1.82) is 5.26 Å². The highest BCUT2D eigenvalue weighted by atomic mass is 19.1. The van der Waals surface area contributed by atoms with Crippen molar-refractivity contribution in [3.63, 3.8) is 0 Å². The average molecular weight is 257 g/mol. The second kappa shape index (κ2) is 5.98. The van der Waals surface area contributed by atoms with Crippen molar-refractivity contribution in [3.05, 3.63) is 65.0 Å². The number of rotatable bonds is 4. The molecule has 19 heavy (non-hydrogen) atoms. The van der Waals surface area contributed by atoms with Crippen LogP contribution in [0.5, 0.6) is 5.75 Å². The number of ether oxygens (including phenoxy) is 1. The lowest BCUT2D eigenvalue weighted by atomic mass is 10.1. The van der Waals surface area contributed by atoms with Crippen LogP contribution in [0.25, 0.3) is 0 Å². The zero-order chi connectivity index (χ0) is 13.7. The predicted octanol–water partition coefficient (Wildman–Crippen LogP) is 2.77. The Bertz CT molecular complexity index is 620. The molecule has 0 aromatic heterocycles. The van der Waals surface area contributed by atoms with Crippen molar-refractivity contribution < 1.29 is 14.2 Å². The Hall–Kier alpha value is -2.38. The molecule has 0 amide bonds. The summed E-state index contributed by atoms with van der Waals surface area (Å²) in [5, 5.41) is 17.8. The molecule has 0 spiro atoms. The van der Waals surface area contributed by atoms with Gasteiger partial charge in [-0.05, 0) is 18.2 Å². The second-order valence-corrected chi connectivity index (χ2v) is 3.97. The van der Waals surface area contributed by atoms with Gasteiger partial charge in [0.1, 0.15) is 18.2 Å². The first-order chi connectivity index (χ1) is 9.24. The predicted molar refractivity (Wildman–Crippen MR) is 67.8 cm³/mol. The first-order valence-electron chi connectivity index (χ1n) is 5.74. The van der Waals surface area contributed by atoms with Gasteiger partial charge in [0.15, 0.2) is 0 Å². The number of aliphatic hydroxyl groups excluding tert-OH is 1. The summed E-state index contributed by atoms with van der Waals surface area (Å²) in [5.41, 5.74) is 1.29. The van der Waals surface area contributed by atoms with Gasteiger partial charge in [-0.15, -0.1) is 0 Å². The zero-order valence-corrected chi connectivity index (χ0v) is 10.1. The van der Waals surface area contributed by atoms with Gasteiger partial charge in [0.2, 0.25) is 0 Å². The van der Waals surface area contributed by atoms with Crippen LogP contribution in [0.3, 0.4) is 0 Å². The summed E-state index contributed by atoms with van der Waals surface area (Å²) in [5.74, 6) is 0.0503. The fourth-order valence-corrected chi connectivity index (χ4v) is 1.66. The molecule has 0 saturated heterocycles. The van der Waals surface area contributed by atoms with Crippen LogP contribution in [0.15, 0.2) is 42.5 Å². The van der Waals surface area contributed by atoms with Crippen molar-refractivity contribution in [2.24, 2.45) is 0 Å². The molecule has 2 rings (SSSR count). The molecule has 0 unspecified atom stereocenters. The van der Waals surface area contributed by atoms with E-state index < -0.39 is 5.82 Å².